The quantitative estimate of drug-likeness (QED) is 0.364. The van der Waals surface area contributed by atoms with Gasteiger partial charge in [-0.05, 0) is 25.3 Å². The summed E-state index contributed by atoms with van der Waals surface area (Å²) in [6.45, 7) is 1.91. The summed E-state index contributed by atoms with van der Waals surface area (Å²) in [5.74, 6) is -1.25. The molecule has 1 aromatic rings. The standard InChI is InChI=1S/C15H22N2O7S2/c1-13-6-5-7-15(17(18)19)14(13)12-24-26(22,23)11-10-25(20,21)16-8-3-2-4-9-16/h5-7H,2-4,8-12H2,1H3. The van der Waals surface area contributed by atoms with Crippen LogP contribution in [0.1, 0.15) is 30.4 Å². The highest BCUT2D eigenvalue weighted by Crippen LogP contribution is 2.23. The van der Waals surface area contributed by atoms with Gasteiger partial charge >= 0.3 is 0 Å². The second kappa shape index (κ2) is 8.42. The summed E-state index contributed by atoms with van der Waals surface area (Å²) in [5.41, 5.74) is 0.441. The molecule has 0 spiro atoms. The maximum atomic E-state index is 12.2. The van der Waals surface area contributed by atoms with Crippen molar-refractivity contribution in [3.63, 3.8) is 0 Å². The lowest BCUT2D eigenvalue weighted by atomic mass is 10.1. The fourth-order valence-electron chi connectivity index (χ4n) is 2.73. The molecule has 0 aliphatic carbocycles. The van der Waals surface area contributed by atoms with Crippen LogP contribution in [0.25, 0.3) is 0 Å². The third-order valence-corrected chi connectivity index (χ3v) is 7.58. The van der Waals surface area contributed by atoms with E-state index >= 15 is 0 Å². The van der Waals surface area contributed by atoms with Crippen LogP contribution < -0.4 is 0 Å². The molecule has 2 rings (SSSR count). The van der Waals surface area contributed by atoms with E-state index in [-0.39, 0.29) is 11.3 Å². The Balaban J connectivity index is 2.00. The molecule has 9 nitrogen and oxygen atoms in total. The zero-order valence-corrected chi connectivity index (χ0v) is 16.1. The van der Waals surface area contributed by atoms with Crippen molar-refractivity contribution in [3.8, 4) is 0 Å². The number of hydrogen-bond acceptors (Lipinski definition) is 7. The van der Waals surface area contributed by atoms with Gasteiger partial charge in [-0.2, -0.15) is 8.42 Å². The molecule has 1 saturated heterocycles. The fourth-order valence-corrected chi connectivity index (χ4v) is 5.88. The zero-order chi connectivity index (χ0) is 19.4. The zero-order valence-electron chi connectivity index (χ0n) is 14.5. The summed E-state index contributed by atoms with van der Waals surface area (Å²) in [6, 6.07) is 4.37. The van der Waals surface area contributed by atoms with E-state index in [2.05, 4.69) is 0 Å². The monoisotopic (exact) mass is 406 g/mol. The molecule has 1 aliphatic rings. The first-order chi connectivity index (χ1) is 12.1. The highest BCUT2D eigenvalue weighted by Gasteiger charge is 2.27. The Morgan fingerprint density at radius 3 is 2.38 bits per heavy atom. The van der Waals surface area contributed by atoms with E-state index < -0.39 is 43.2 Å². The van der Waals surface area contributed by atoms with Crippen LogP contribution in [0.4, 0.5) is 5.69 Å². The van der Waals surface area contributed by atoms with E-state index in [9.17, 15) is 26.9 Å². The van der Waals surface area contributed by atoms with Gasteiger partial charge in [-0.3, -0.25) is 14.3 Å². The predicted octanol–water partition coefficient (Wildman–Crippen LogP) is 1.57. The largest absolute Gasteiger partial charge is 0.275 e. The summed E-state index contributed by atoms with van der Waals surface area (Å²) in [7, 11) is -7.80. The van der Waals surface area contributed by atoms with Gasteiger partial charge in [-0.15, -0.1) is 0 Å². The van der Waals surface area contributed by atoms with Crippen LogP contribution in [-0.2, 0) is 30.9 Å². The number of nitro groups is 1. The molecule has 26 heavy (non-hydrogen) atoms. The molecule has 0 unspecified atom stereocenters. The minimum Gasteiger partial charge on any atom is -0.265 e. The predicted molar refractivity (Wildman–Crippen MR) is 95.6 cm³/mol. The van der Waals surface area contributed by atoms with Gasteiger partial charge in [0.2, 0.25) is 10.0 Å². The molecule has 146 valence electrons. The van der Waals surface area contributed by atoms with E-state index in [1.807, 2.05) is 0 Å². The highest BCUT2D eigenvalue weighted by molar-refractivity contribution is 7.91. The van der Waals surface area contributed by atoms with Gasteiger partial charge in [0.15, 0.2) is 0 Å². The Labute approximate surface area is 153 Å². The number of benzene rings is 1. The van der Waals surface area contributed by atoms with Crippen LogP contribution in [0.2, 0.25) is 0 Å². The first-order valence-electron chi connectivity index (χ1n) is 8.20. The first-order valence-corrected chi connectivity index (χ1v) is 11.4. The molecule has 1 fully saturated rings. The van der Waals surface area contributed by atoms with Gasteiger partial charge in [-0.25, -0.2) is 12.7 Å². The average Bonchev–Trinajstić information content (AvgIpc) is 2.60. The molecule has 1 aromatic carbocycles. The van der Waals surface area contributed by atoms with Gasteiger partial charge in [0.05, 0.1) is 28.6 Å². The van der Waals surface area contributed by atoms with Crippen LogP contribution in [0.5, 0.6) is 0 Å². The van der Waals surface area contributed by atoms with Crippen LogP contribution in [0.15, 0.2) is 18.2 Å². The summed E-state index contributed by atoms with van der Waals surface area (Å²) in [5, 5.41) is 11.0. The number of sulfonamides is 1. The first kappa shape index (κ1) is 20.7. The molecular weight excluding hydrogens is 384 g/mol. The Bertz CT molecular complexity index is 860. The molecule has 0 aromatic heterocycles. The van der Waals surface area contributed by atoms with Crippen molar-refractivity contribution in [2.45, 2.75) is 32.8 Å². The van der Waals surface area contributed by atoms with E-state index in [0.717, 1.165) is 19.3 Å². The van der Waals surface area contributed by atoms with Crippen molar-refractivity contribution < 1.29 is 25.9 Å². The topological polar surface area (TPSA) is 124 Å². The minimum atomic E-state index is -4.14. The van der Waals surface area contributed by atoms with Crippen LogP contribution >= 0.6 is 0 Å². The molecule has 1 heterocycles. The Kier molecular flexibility index (Phi) is 6.72. The van der Waals surface area contributed by atoms with Gasteiger partial charge < -0.3 is 0 Å². The highest BCUT2D eigenvalue weighted by atomic mass is 32.2. The van der Waals surface area contributed by atoms with E-state index in [4.69, 9.17) is 4.18 Å². The van der Waals surface area contributed by atoms with Crippen molar-refractivity contribution in [1.29, 1.82) is 0 Å². The third kappa shape index (κ3) is 5.47. The van der Waals surface area contributed by atoms with Crippen LogP contribution in [0.3, 0.4) is 0 Å². The number of rotatable bonds is 8. The SMILES string of the molecule is Cc1cccc([N+](=O)[O-])c1COS(=O)(=O)CCS(=O)(=O)N1CCCCC1. The van der Waals surface area contributed by atoms with Crippen molar-refractivity contribution in [2.24, 2.45) is 0 Å². The lowest BCUT2D eigenvalue weighted by molar-refractivity contribution is -0.385. The van der Waals surface area contributed by atoms with Gasteiger partial charge in [0, 0.05) is 19.2 Å². The molecule has 11 heteroatoms. The van der Waals surface area contributed by atoms with E-state index in [0.29, 0.717) is 18.7 Å². The lowest BCUT2D eigenvalue weighted by Crippen LogP contribution is -2.38. The van der Waals surface area contributed by atoms with Crippen molar-refractivity contribution in [2.75, 3.05) is 24.6 Å². The third-order valence-electron chi connectivity index (χ3n) is 4.26. The smallest absolute Gasteiger partial charge is 0.265 e. The molecule has 0 radical (unpaired) electrons. The lowest BCUT2D eigenvalue weighted by Gasteiger charge is -2.25. The van der Waals surface area contributed by atoms with Gasteiger partial charge in [0.25, 0.3) is 15.8 Å². The van der Waals surface area contributed by atoms with Crippen molar-refractivity contribution in [1.82, 2.24) is 4.31 Å². The van der Waals surface area contributed by atoms with Crippen LogP contribution in [0, 0.1) is 17.0 Å². The number of nitro benzene ring substituents is 1. The summed E-state index contributed by atoms with van der Waals surface area (Å²) in [4.78, 5) is 10.4. The number of hydrogen-bond donors (Lipinski definition) is 0. The maximum absolute atomic E-state index is 12.2. The summed E-state index contributed by atoms with van der Waals surface area (Å²) < 4.78 is 54.7. The number of nitrogens with zero attached hydrogens (tertiary/aromatic N) is 2. The fraction of sp³-hybridized carbons (Fsp3) is 0.600. The Hall–Kier alpha value is -1.56. The molecule has 0 N–H and O–H groups in total. The maximum Gasteiger partial charge on any atom is 0.275 e. The van der Waals surface area contributed by atoms with Gasteiger partial charge in [-0.1, -0.05) is 18.6 Å². The minimum absolute atomic E-state index is 0.153. The summed E-state index contributed by atoms with van der Waals surface area (Å²) >= 11 is 0. The molecule has 0 amide bonds. The molecular formula is C15H22N2O7S2. The number of piperidine rings is 1. The Morgan fingerprint density at radius 2 is 1.77 bits per heavy atom. The number of aryl methyl sites for hydroxylation is 1. The molecule has 0 saturated carbocycles. The molecule has 1 aliphatic heterocycles. The second-order valence-electron chi connectivity index (χ2n) is 6.13. The molecule has 0 bridgehead atoms. The molecule has 0 atom stereocenters. The Morgan fingerprint density at radius 1 is 1.12 bits per heavy atom. The summed E-state index contributed by atoms with van der Waals surface area (Å²) in [6.07, 6.45) is 2.49. The van der Waals surface area contributed by atoms with E-state index in [1.165, 1.54) is 16.4 Å². The van der Waals surface area contributed by atoms with Crippen molar-refractivity contribution >= 4 is 25.8 Å². The normalized spacial score (nSPS) is 16.5. The van der Waals surface area contributed by atoms with Crippen molar-refractivity contribution in [3.05, 3.63) is 39.4 Å². The average molecular weight is 406 g/mol. The van der Waals surface area contributed by atoms with Gasteiger partial charge in [0.1, 0.15) is 0 Å². The van der Waals surface area contributed by atoms with E-state index in [1.54, 1.807) is 13.0 Å². The second-order valence-corrected chi connectivity index (χ2v) is 9.98. The van der Waals surface area contributed by atoms with Crippen LogP contribution in [-0.4, -0.2) is 50.7 Å².